The van der Waals surface area contributed by atoms with Crippen LogP contribution < -0.4 is 15.0 Å². The highest BCUT2D eigenvalue weighted by Crippen LogP contribution is 2.34. The van der Waals surface area contributed by atoms with Gasteiger partial charge in [-0.15, -0.1) is 0 Å². The predicted molar refractivity (Wildman–Crippen MR) is 123 cm³/mol. The molecule has 2 amide bonds. The van der Waals surface area contributed by atoms with Gasteiger partial charge < -0.3 is 10.1 Å². The zero-order chi connectivity index (χ0) is 22.8. The molecule has 0 bridgehead atoms. The molecular weight excluding hydrogens is 407 g/mol. The Kier molecular flexibility index (Phi) is 5.77. The minimum absolute atomic E-state index is 0.173. The molecule has 162 valence electrons. The van der Waals surface area contributed by atoms with Gasteiger partial charge in [-0.05, 0) is 86.0 Å². The molecule has 0 aromatic heterocycles. The van der Waals surface area contributed by atoms with Crippen LogP contribution in [0.1, 0.15) is 23.6 Å². The summed E-state index contributed by atoms with van der Waals surface area (Å²) in [6.07, 6.45) is 0. The average Bonchev–Trinajstić information content (AvgIpc) is 3.02. The number of rotatable bonds is 6. The van der Waals surface area contributed by atoms with E-state index in [-0.39, 0.29) is 11.3 Å². The second-order valence-electron chi connectivity index (χ2n) is 7.55. The lowest BCUT2D eigenvalue weighted by Gasteiger charge is -2.15. The van der Waals surface area contributed by atoms with Crippen LogP contribution in [0.2, 0.25) is 0 Å². The standard InChI is InChI=1S/C26H23FN2O3/c1-4-32-22-13-6-18(7-14-22)23-24(28-20-10-5-16(2)17(3)15-20)26(31)29(25(23)30)21-11-8-19(27)9-12-21/h5-15,28H,4H2,1-3H3. The Morgan fingerprint density at radius 1 is 0.875 bits per heavy atom. The number of halogens is 1. The van der Waals surface area contributed by atoms with Crippen molar-refractivity contribution in [2.75, 3.05) is 16.8 Å². The van der Waals surface area contributed by atoms with Crippen molar-refractivity contribution in [1.29, 1.82) is 0 Å². The summed E-state index contributed by atoms with van der Waals surface area (Å²) in [5.41, 5.74) is 4.20. The summed E-state index contributed by atoms with van der Waals surface area (Å²) in [6, 6.07) is 18.1. The zero-order valence-corrected chi connectivity index (χ0v) is 18.1. The van der Waals surface area contributed by atoms with Crippen LogP contribution in [0.3, 0.4) is 0 Å². The minimum Gasteiger partial charge on any atom is -0.494 e. The average molecular weight is 430 g/mol. The molecule has 4 rings (SSSR count). The Bertz CT molecular complexity index is 1210. The van der Waals surface area contributed by atoms with Gasteiger partial charge in [0.2, 0.25) is 0 Å². The molecule has 1 aliphatic rings. The van der Waals surface area contributed by atoms with Crippen molar-refractivity contribution in [3.05, 3.63) is 94.9 Å². The van der Waals surface area contributed by atoms with Gasteiger partial charge in [0.15, 0.2) is 0 Å². The van der Waals surface area contributed by atoms with Gasteiger partial charge in [0.1, 0.15) is 17.3 Å². The van der Waals surface area contributed by atoms with E-state index in [1.807, 2.05) is 39.0 Å². The highest BCUT2D eigenvalue weighted by molar-refractivity contribution is 6.46. The van der Waals surface area contributed by atoms with Gasteiger partial charge in [-0.1, -0.05) is 18.2 Å². The van der Waals surface area contributed by atoms with Gasteiger partial charge in [-0.2, -0.15) is 0 Å². The van der Waals surface area contributed by atoms with Crippen LogP contribution >= 0.6 is 0 Å². The van der Waals surface area contributed by atoms with Crippen LogP contribution in [-0.4, -0.2) is 18.4 Å². The third-order valence-electron chi connectivity index (χ3n) is 5.40. The second-order valence-corrected chi connectivity index (χ2v) is 7.55. The number of nitrogens with zero attached hydrogens (tertiary/aromatic N) is 1. The van der Waals surface area contributed by atoms with Gasteiger partial charge in [0.05, 0.1) is 17.9 Å². The van der Waals surface area contributed by atoms with Crippen molar-refractivity contribution in [3.8, 4) is 5.75 Å². The molecule has 0 atom stereocenters. The molecule has 0 fully saturated rings. The number of ether oxygens (including phenoxy) is 1. The van der Waals surface area contributed by atoms with Gasteiger partial charge in [-0.25, -0.2) is 9.29 Å². The maximum Gasteiger partial charge on any atom is 0.282 e. The van der Waals surface area contributed by atoms with Crippen LogP contribution in [0.15, 0.2) is 72.4 Å². The summed E-state index contributed by atoms with van der Waals surface area (Å²) in [7, 11) is 0. The first-order valence-corrected chi connectivity index (χ1v) is 10.3. The van der Waals surface area contributed by atoms with Crippen LogP contribution in [-0.2, 0) is 9.59 Å². The minimum atomic E-state index is -0.497. The summed E-state index contributed by atoms with van der Waals surface area (Å²) in [5.74, 6) is -0.741. The van der Waals surface area contributed by atoms with Crippen molar-refractivity contribution in [2.24, 2.45) is 0 Å². The SMILES string of the molecule is CCOc1ccc(C2=C(Nc3ccc(C)c(C)c3)C(=O)N(c3ccc(F)cc3)C2=O)cc1. The molecule has 0 saturated carbocycles. The highest BCUT2D eigenvalue weighted by Gasteiger charge is 2.40. The molecule has 3 aromatic carbocycles. The molecule has 0 unspecified atom stereocenters. The largest absolute Gasteiger partial charge is 0.494 e. The van der Waals surface area contributed by atoms with E-state index in [2.05, 4.69) is 5.32 Å². The quantitative estimate of drug-likeness (QED) is 0.544. The topological polar surface area (TPSA) is 58.6 Å². The molecule has 0 spiro atoms. The van der Waals surface area contributed by atoms with E-state index in [1.54, 1.807) is 24.3 Å². The van der Waals surface area contributed by atoms with Crippen molar-refractivity contribution in [1.82, 2.24) is 0 Å². The molecular formula is C26H23FN2O3. The van der Waals surface area contributed by atoms with E-state index in [1.165, 1.54) is 24.3 Å². The van der Waals surface area contributed by atoms with Gasteiger partial charge in [0, 0.05) is 5.69 Å². The molecule has 1 aliphatic heterocycles. The van der Waals surface area contributed by atoms with E-state index in [0.717, 1.165) is 16.0 Å². The lowest BCUT2D eigenvalue weighted by atomic mass is 10.0. The van der Waals surface area contributed by atoms with E-state index >= 15 is 0 Å². The van der Waals surface area contributed by atoms with Gasteiger partial charge in [0.25, 0.3) is 11.8 Å². The number of nitrogens with one attached hydrogen (secondary N) is 1. The number of carbonyl (C=O) groups is 2. The van der Waals surface area contributed by atoms with Gasteiger partial charge >= 0.3 is 0 Å². The maximum absolute atomic E-state index is 13.4. The van der Waals surface area contributed by atoms with E-state index < -0.39 is 17.6 Å². The van der Waals surface area contributed by atoms with Crippen LogP contribution in [0.4, 0.5) is 15.8 Å². The van der Waals surface area contributed by atoms with E-state index in [0.29, 0.717) is 29.3 Å². The first-order chi connectivity index (χ1) is 15.4. The number of imide groups is 1. The lowest BCUT2D eigenvalue weighted by Crippen LogP contribution is -2.32. The number of carbonyl (C=O) groups excluding carboxylic acids is 2. The number of anilines is 2. The first kappa shape index (κ1) is 21.3. The Morgan fingerprint density at radius 3 is 2.19 bits per heavy atom. The molecule has 5 nitrogen and oxygen atoms in total. The summed E-state index contributed by atoms with van der Waals surface area (Å²) < 4.78 is 18.9. The second kappa shape index (κ2) is 8.67. The summed E-state index contributed by atoms with van der Waals surface area (Å²) in [4.78, 5) is 27.9. The van der Waals surface area contributed by atoms with Crippen molar-refractivity contribution < 1.29 is 18.7 Å². The monoisotopic (exact) mass is 430 g/mol. The number of hydrogen-bond acceptors (Lipinski definition) is 4. The van der Waals surface area contributed by atoms with Crippen LogP contribution in [0, 0.1) is 19.7 Å². The molecule has 0 radical (unpaired) electrons. The first-order valence-electron chi connectivity index (χ1n) is 10.3. The Hall–Kier alpha value is -3.93. The fraction of sp³-hybridized carbons (Fsp3) is 0.154. The molecule has 0 saturated heterocycles. The predicted octanol–water partition coefficient (Wildman–Crippen LogP) is 5.24. The molecule has 0 aliphatic carbocycles. The fourth-order valence-corrected chi connectivity index (χ4v) is 3.59. The van der Waals surface area contributed by atoms with Crippen LogP contribution in [0.25, 0.3) is 5.57 Å². The highest BCUT2D eigenvalue weighted by atomic mass is 19.1. The van der Waals surface area contributed by atoms with E-state index in [9.17, 15) is 14.0 Å². The third kappa shape index (κ3) is 3.99. The van der Waals surface area contributed by atoms with Crippen molar-refractivity contribution in [3.63, 3.8) is 0 Å². The van der Waals surface area contributed by atoms with E-state index in [4.69, 9.17) is 4.74 Å². The molecule has 1 heterocycles. The fourth-order valence-electron chi connectivity index (χ4n) is 3.59. The van der Waals surface area contributed by atoms with Crippen molar-refractivity contribution >= 4 is 28.8 Å². The molecule has 3 aromatic rings. The lowest BCUT2D eigenvalue weighted by molar-refractivity contribution is -0.120. The summed E-state index contributed by atoms with van der Waals surface area (Å²) in [5, 5.41) is 3.15. The number of hydrogen-bond donors (Lipinski definition) is 1. The molecule has 32 heavy (non-hydrogen) atoms. The maximum atomic E-state index is 13.4. The van der Waals surface area contributed by atoms with Crippen LogP contribution in [0.5, 0.6) is 5.75 Å². The smallest absolute Gasteiger partial charge is 0.282 e. The Balaban J connectivity index is 1.79. The number of benzene rings is 3. The Morgan fingerprint density at radius 2 is 1.56 bits per heavy atom. The number of amides is 2. The Labute approximate surface area is 186 Å². The summed E-state index contributed by atoms with van der Waals surface area (Å²) in [6.45, 7) is 6.40. The zero-order valence-electron chi connectivity index (χ0n) is 18.1. The number of aryl methyl sites for hydroxylation is 2. The third-order valence-corrected chi connectivity index (χ3v) is 5.40. The van der Waals surface area contributed by atoms with Gasteiger partial charge in [-0.3, -0.25) is 9.59 Å². The van der Waals surface area contributed by atoms with Crippen molar-refractivity contribution in [2.45, 2.75) is 20.8 Å². The molecule has 1 N–H and O–H groups in total. The normalized spacial score (nSPS) is 13.7. The molecule has 6 heteroatoms. The summed E-state index contributed by atoms with van der Waals surface area (Å²) >= 11 is 0.